The molecule has 0 saturated heterocycles. The smallest absolute Gasteiger partial charge is 0.225 e. The molecule has 0 saturated carbocycles. The Labute approximate surface area is 176 Å². The highest BCUT2D eigenvalue weighted by molar-refractivity contribution is 6.35. The Morgan fingerprint density at radius 1 is 1.07 bits per heavy atom. The number of aromatic nitrogens is 3. The first-order chi connectivity index (χ1) is 12.8. The minimum Gasteiger partial charge on any atom is -0.464 e. The zero-order chi connectivity index (χ0) is 19.6. The van der Waals surface area contributed by atoms with Crippen molar-refractivity contribution in [2.24, 2.45) is 0 Å². The second kappa shape index (κ2) is 8.25. The molecule has 0 spiro atoms. The van der Waals surface area contributed by atoms with Crippen molar-refractivity contribution in [3.05, 3.63) is 74.7 Å². The van der Waals surface area contributed by atoms with Gasteiger partial charge in [-0.2, -0.15) is 5.10 Å². The normalized spacial score (nSPS) is 14.6. The van der Waals surface area contributed by atoms with E-state index < -0.39 is 11.8 Å². The highest BCUT2D eigenvalue weighted by Gasteiger charge is 2.42. The Bertz CT molecular complexity index is 936. The molecule has 1 N–H and O–H groups in total. The first-order valence-electron chi connectivity index (χ1n) is 7.99. The number of rotatable bonds is 6. The molecule has 2 atom stereocenters. The fourth-order valence-electron chi connectivity index (χ4n) is 2.74. The van der Waals surface area contributed by atoms with Gasteiger partial charge in [0.05, 0.1) is 5.02 Å². The molecular weight excluding hydrogens is 432 g/mol. The number of nitrogens with zero attached hydrogens (tertiary/aromatic N) is 3. The zero-order valence-electron chi connectivity index (χ0n) is 14.1. The lowest BCUT2D eigenvalue weighted by Crippen LogP contribution is -2.40. The maximum Gasteiger partial charge on any atom is 0.225 e. The average molecular weight is 447 g/mol. The van der Waals surface area contributed by atoms with Gasteiger partial charge in [-0.15, -0.1) is 0 Å². The summed E-state index contributed by atoms with van der Waals surface area (Å²) in [7, 11) is 0. The zero-order valence-corrected chi connectivity index (χ0v) is 17.1. The molecule has 0 aliphatic carbocycles. The third kappa shape index (κ3) is 4.18. The highest BCUT2D eigenvalue weighted by Crippen LogP contribution is 2.42. The van der Waals surface area contributed by atoms with Crippen LogP contribution in [0.5, 0.6) is 5.75 Å². The second-order valence-electron chi connectivity index (χ2n) is 5.82. The quantitative estimate of drug-likeness (QED) is 0.522. The maximum atomic E-state index is 11.6. The van der Waals surface area contributed by atoms with Crippen molar-refractivity contribution >= 4 is 46.4 Å². The maximum absolute atomic E-state index is 11.6. The summed E-state index contributed by atoms with van der Waals surface area (Å²) in [6.45, 7) is 1.81. The van der Waals surface area contributed by atoms with Crippen molar-refractivity contribution in [3.8, 4) is 5.75 Å². The van der Waals surface area contributed by atoms with Gasteiger partial charge in [0.25, 0.3) is 0 Å². The monoisotopic (exact) mass is 445 g/mol. The Balaban J connectivity index is 2.10. The van der Waals surface area contributed by atoms with Crippen LogP contribution in [0.15, 0.2) is 49.1 Å². The molecule has 142 valence electrons. The first-order valence-corrected chi connectivity index (χ1v) is 9.50. The summed E-state index contributed by atoms with van der Waals surface area (Å²) in [5, 5.41) is 17.3. The molecule has 5 nitrogen and oxygen atoms in total. The lowest BCUT2D eigenvalue weighted by molar-refractivity contribution is -0.113. The van der Waals surface area contributed by atoms with Crippen LogP contribution in [0, 0.1) is 0 Å². The molecule has 2 unspecified atom stereocenters. The molecule has 9 heteroatoms. The lowest BCUT2D eigenvalue weighted by Gasteiger charge is -2.36. The predicted octanol–water partition coefficient (Wildman–Crippen LogP) is 5.77. The van der Waals surface area contributed by atoms with Gasteiger partial charge in [-0.25, -0.2) is 9.67 Å². The summed E-state index contributed by atoms with van der Waals surface area (Å²) >= 11 is 24.6. The average Bonchev–Trinajstić information content (AvgIpc) is 3.14. The van der Waals surface area contributed by atoms with E-state index in [1.54, 1.807) is 36.4 Å². The van der Waals surface area contributed by atoms with Crippen LogP contribution in [0.25, 0.3) is 0 Å². The minimum atomic E-state index is -1.54. The van der Waals surface area contributed by atoms with E-state index >= 15 is 0 Å². The molecule has 27 heavy (non-hydrogen) atoms. The molecule has 0 aliphatic rings. The predicted molar refractivity (Wildman–Crippen MR) is 107 cm³/mol. The van der Waals surface area contributed by atoms with Crippen LogP contribution in [0.1, 0.15) is 25.1 Å². The van der Waals surface area contributed by atoms with E-state index in [1.165, 1.54) is 17.3 Å². The molecular formula is C18H15Cl4N3O2. The Morgan fingerprint density at radius 2 is 1.74 bits per heavy atom. The largest absolute Gasteiger partial charge is 0.464 e. The van der Waals surface area contributed by atoms with Crippen LogP contribution in [-0.2, 0) is 5.60 Å². The summed E-state index contributed by atoms with van der Waals surface area (Å²) in [5.41, 5.74) is -1.10. The van der Waals surface area contributed by atoms with E-state index in [-0.39, 0.29) is 6.42 Å². The van der Waals surface area contributed by atoms with Crippen molar-refractivity contribution in [1.82, 2.24) is 14.8 Å². The summed E-state index contributed by atoms with van der Waals surface area (Å²) in [6, 6.07) is 9.68. The molecule has 1 heterocycles. The van der Waals surface area contributed by atoms with Crippen molar-refractivity contribution in [3.63, 3.8) is 0 Å². The first kappa shape index (κ1) is 20.2. The molecule has 0 aliphatic heterocycles. The van der Waals surface area contributed by atoms with Gasteiger partial charge in [0.1, 0.15) is 24.0 Å². The van der Waals surface area contributed by atoms with Gasteiger partial charge >= 0.3 is 0 Å². The lowest BCUT2D eigenvalue weighted by atomic mass is 9.89. The van der Waals surface area contributed by atoms with Crippen molar-refractivity contribution in [1.29, 1.82) is 0 Å². The number of halogens is 4. The van der Waals surface area contributed by atoms with Gasteiger partial charge in [-0.05, 0) is 36.8 Å². The van der Waals surface area contributed by atoms with Crippen molar-refractivity contribution in [2.45, 2.75) is 25.2 Å². The molecule has 0 fully saturated rings. The topological polar surface area (TPSA) is 60.2 Å². The summed E-state index contributed by atoms with van der Waals surface area (Å²) in [5.74, 6) is 0.332. The number of benzene rings is 2. The summed E-state index contributed by atoms with van der Waals surface area (Å²) in [6.07, 6.45) is 2.06. The molecule has 1 aromatic heterocycles. The van der Waals surface area contributed by atoms with Gasteiger partial charge in [0, 0.05) is 20.6 Å². The third-order valence-electron chi connectivity index (χ3n) is 4.15. The second-order valence-corrected chi connectivity index (χ2v) is 7.51. The highest BCUT2D eigenvalue weighted by atomic mass is 35.5. The number of aliphatic hydroxyl groups is 1. The van der Waals surface area contributed by atoms with E-state index in [9.17, 15) is 5.11 Å². The Morgan fingerprint density at radius 3 is 2.30 bits per heavy atom. The summed E-state index contributed by atoms with van der Waals surface area (Å²) < 4.78 is 7.47. The fourth-order valence-corrected chi connectivity index (χ4v) is 3.76. The van der Waals surface area contributed by atoms with Crippen LogP contribution < -0.4 is 4.74 Å². The van der Waals surface area contributed by atoms with Gasteiger partial charge in [-0.3, -0.25) is 0 Å². The molecule has 3 rings (SSSR count). The van der Waals surface area contributed by atoms with Gasteiger partial charge in [-0.1, -0.05) is 59.4 Å². The van der Waals surface area contributed by atoms with E-state index in [0.717, 1.165) is 0 Å². The molecule has 0 bridgehead atoms. The van der Waals surface area contributed by atoms with Gasteiger partial charge in [0.2, 0.25) is 6.23 Å². The van der Waals surface area contributed by atoms with Crippen molar-refractivity contribution in [2.75, 3.05) is 0 Å². The van der Waals surface area contributed by atoms with Gasteiger partial charge < -0.3 is 9.84 Å². The van der Waals surface area contributed by atoms with Crippen LogP contribution in [0.2, 0.25) is 20.1 Å². The number of hydrogen-bond acceptors (Lipinski definition) is 4. The Hall–Kier alpha value is -1.50. The van der Waals surface area contributed by atoms with E-state index in [2.05, 4.69) is 10.1 Å². The third-order valence-corrected chi connectivity index (χ3v) is 5.23. The molecule has 2 aromatic carbocycles. The van der Waals surface area contributed by atoms with E-state index in [0.29, 0.717) is 31.4 Å². The summed E-state index contributed by atoms with van der Waals surface area (Å²) in [4.78, 5) is 3.95. The number of ether oxygens (including phenoxy) is 1. The molecule has 0 amide bonds. The van der Waals surface area contributed by atoms with Crippen LogP contribution in [0.4, 0.5) is 0 Å². The van der Waals surface area contributed by atoms with Crippen molar-refractivity contribution < 1.29 is 9.84 Å². The van der Waals surface area contributed by atoms with Crippen LogP contribution >= 0.6 is 46.4 Å². The Kier molecular flexibility index (Phi) is 6.18. The van der Waals surface area contributed by atoms with E-state index in [4.69, 9.17) is 51.1 Å². The fraction of sp³-hybridized carbons (Fsp3) is 0.222. The van der Waals surface area contributed by atoms with Crippen LogP contribution in [0.3, 0.4) is 0 Å². The number of hydrogen-bond donors (Lipinski definition) is 1. The van der Waals surface area contributed by atoms with Crippen LogP contribution in [-0.4, -0.2) is 19.9 Å². The van der Waals surface area contributed by atoms with Gasteiger partial charge in [0.15, 0.2) is 0 Å². The molecule has 0 radical (unpaired) electrons. The molecule has 3 aromatic rings. The van der Waals surface area contributed by atoms with E-state index in [1.807, 2.05) is 6.92 Å². The minimum absolute atomic E-state index is 0.268. The standard InChI is InChI=1S/C18H15Cl4N3O2/c1-2-18(26,13-5-3-11(19)7-14(13)21)17(25-10-23-9-24-25)27-16-6-4-12(20)8-15(16)22/h3-10,17,26H,2H2,1H3. The SMILES string of the molecule is CCC(O)(c1ccc(Cl)cc1Cl)C(Oc1ccc(Cl)cc1Cl)n1cncn1.